The molecule has 0 atom stereocenters. The predicted molar refractivity (Wildman–Crippen MR) is 81.3 cm³/mol. The molecular weight excluding hydrogens is 270 g/mol. The molecule has 1 saturated carbocycles. The maximum absolute atomic E-state index is 12.1. The zero-order valence-electron chi connectivity index (χ0n) is 11.8. The first kappa shape index (κ1) is 15.1. The Labute approximate surface area is 124 Å². The summed E-state index contributed by atoms with van der Waals surface area (Å²) >= 11 is 1.56. The first-order valence-corrected chi connectivity index (χ1v) is 7.97. The number of hydrogen-bond donors (Lipinski definition) is 2. The standard InChI is InChI=1S/C16H21NO2S/c1-12-4-6-13(7-5-12)16(19)17-11-15-9-8-14(20-15)3-2-10-18/h8-9,12-13,18H,4-7,10-11H2,1H3,(H,17,19). The van der Waals surface area contributed by atoms with Crippen molar-refractivity contribution in [3.8, 4) is 11.8 Å². The Bertz CT molecular complexity index is 504. The van der Waals surface area contributed by atoms with Crippen molar-refractivity contribution in [2.24, 2.45) is 11.8 Å². The Morgan fingerprint density at radius 2 is 2.15 bits per heavy atom. The Kier molecular flexibility index (Phi) is 5.63. The molecule has 1 fully saturated rings. The molecule has 0 unspecified atom stereocenters. The van der Waals surface area contributed by atoms with Crippen LogP contribution in [0.1, 0.15) is 42.4 Å². The highest BCUT2D eigenvalue weighted by Crippen LogP contribution is 2.28. The number of thiophene rings is 1. The van der Waals surface area contributed by atoms with E-state index < -0.39 is 0 Å². The van der Waals surface area contributed by atoms with Crippen LogP contribution in [0.3, 0.4) is 0 Å². The zero-order valence-corrected chi connectivity index (χ0v) is 12.6. The van der Waals surface area contributed by atoms with E-state index in [1.807, 2.05) is 12.1 Å². The first-order chi connectivity index (χ1) is 9.69. The summed E-state index contributed by atoms with van der Waals surface area (Å²) < 4.78 is 0. The second-order valence-electron chi connectivity index (χ2n) is 5.40. The molecule has 1 aliphatic carbocycles. The van der Waals surface area contributed by atoms with E-state index in [1.165, 1.54) is 0 Å². The van der Waals surface area contributed by atoms with Gasteiger partial charge in [-0.05, 0) is 43.7 Å². The minimum atomic E-state index is -0.121. The van der Waals surface area contributed by atoms with E-state index in [9.17, 15) is 4.79 Å². The van der Waals surface area contributed by atoms with E-state index in [4.69, 9.17) is 5.11 Å². The van der Waals surface area contributed by atoms with Crippen molar-refractivity contribution in [1.29, 1.82) is 0 Å². The second-order valence-corrected chi connectivity index (χ2v) is 6.57. The quantitative estimate of drug-likeness (QED) is 0.841. The van der Waals surface area contributed by atoms with Crippen molar-refractivity contribution >= 4 is 17.2 Å². The molecule has 1 aromatic heterocycles. The third kappa shape index (κ3) is 4.36. The number of aliphatic hydroxyl groups is 1. The van der Waals surface area contributed by atoms with Gasteiger partial charge in [-0.2, -0.15) is 0 Å². The molecule has 0 aromatic carbocycles. The summed E-state index contributed by atoms with van der Waals surface area (Å²) in [5, 5.41) is 11.7. The SMILES string of the molecule is CC1CCC(C(=O)NCc2ccc(C#CCO)s2)CC1. The lowest BCUT2D eigenvalue weighted by atomic mass is 9.82. The highest BCUT2D eigenvalue weighted by molar-refractivity contribution is 7.12. The van der Waals surface area contributed by atoms with Gasteiger partial charge in [0.15, 0.2) is 0 Å². The summed E-state index contributed by atoms with van der Waals surface area (Å²) in [6.45, 7) is 2.72. The zero-order chi connectivity index (χ0) is 14.4. The maximum atomic E-state index is 12.1. The van der Waals surface area contributed by atoms with Crippen LogP contribution < -0.4 is 5.32 Å². The van der Waals surface area contributed by atoms with Crippen molar-refractivity contribution < 1.29 is 9.90 Å². The number of carbonyl (C=O) groups excluding carboxylic acids is 1. The van der Waals surface area contributed by atoms with Crippen LogP contribution in [0.4, 0.5) is 0 Å². The second kappa shape index (κ2) is 7.47. The van der Waals surface area contributed by atoms with Gasteiger partial charge in [-0.1, -0.05) is 18.8 Å². The average molecular weight is 291 g/mol. The van der Waals surface area contributed by atoms with Gasteiger partial charge in [-0.15, -0.1) is 11.3 Å². The van der Waals surface area contributed by atoms with Gasteiger partial charge in [0, 0.05) is 10.8 Å². The van der Waals surface area contributed by atoms with Crippen molar-refractivity contribution in [2.45, 2.75) is 39.2 Å². The van der Waals surface area contributed by atoms with Crippen LogP contribution in [-0.4, -0.2) is 17.6 Å². The topological polar surface area (TPSA) is 49.3 Å². The van der Waals surface area contributed by atoms with E-state index >= 15 is 0 Å². The molecule has 0 bridgehead atoms. The lowest BCUT2D eigenvalue weighted by Crippen LogP contribution is -2.32. The molecule has 1 aliphatic rings. The van der Waals surface area contributed by atoms with Crippen molar-refractivity contribution in [1.82, 2.24) is 5.32 Å². The number of nitrogens with one attached hydrogen (secondary N) is 1. The molecule has 20 heavy (non-hydrogen) atoms. The van der Waals surface area contributed by atoms with Crippen LogP contribution in [0.2, 0.25) is 0 Å². The lowest BCUT2D eigenvalue weighted by molar-refractivity contribution is -0.126. The summed E-state index contributed by atoms with van der Waals surface area (Å²) in [4.78, 5) is 14.1. The van der Waals surface area contributed by atoms with Gasteiger partial charge in [-0.25, -0.2) is 0 Å². The van der Waals surface area contributed by atoms with Crippen LogP contribution >= 0.6 is 11.3 Å². The number of hydrogen-bond acceptors (Lipinski definition) is 3. The van der Waals surface area contributed by atoms with E-state index in [1.54, 1.807) is 11.3 Å². The minimum Gasteiger partial charge on any atom is -0.384 e. The van der Waals surface area contributed by atoms with Gasteiger partial charge in [0.2, 0.25) is 5.91 Å². The third-order valence-electron chi connectivity index (χ3n) is 3.78. The molecule has 0 radical (unpaired) electrons. The molecule has 0 spiro atoms. The van der Waals surface area contributed by atoms with Gasteiger partial charge in [-0.3, -0.25) is 4.79 Å². The summed E-state index contributed by atoms with van der Waals surface area (Å²) in [5.74, 6) is 6.65. The average Bonchev–Trinajstić information content (AvgIpc) is 2.91. The predicted octanol–water partition coefficient (Wildman–Crippen LogP) is 2.53. The largest absolute Gasteiger partial charge is 0.384 e. The van der Waals surface area contributed by atoms with Crippen LogP contribution in [0.15, 0.2) is 12.1 Å². The minimum absolute atomic E-state index is 0.121. The van der Waals surface area contributed by atoms with Crippen molar-refractivity contribution in [3.05, 3.63) is 21.9 Å². The fourth-order valence-electron chi connectivity index (χ4n) is 2.51. The summed E-state index contributed by atoms with van der Waals surface area (Å²) in [5.41, 5.74) is 0. The van der Waals surface area contributed by atoms with Crippen LogP contribution in [0.5, 0.6) is 0 Å². The van der Waals surface area contributed by atoms with Crippen LogP contribution in [-0.2, 0) is 11.3 Å². The molecule has 2 N–H and O–H groups in total. The fraction of sp³-hybridized carbons (Fsp3) is 0.562. The molecule has 0 aliphatic heterocycles. The molecule has 3 nitrogen and oxygen atoms in total. The summed E-state index contributed by atoms with van der Waals surface area (Å²) in [6, 6.07) is 3.91. The Morgan fingerprint density at radius 3 is 2.85 bits per heavy atom. The molecule has 1 heterocycles. The van der Waals surface area contributed by atoms with Crippen LogP contribution in [0, 0.1) is 23.7 Å². The molecule has 1 aromatic rings. The third-order valence-corrected chi connectivity index (χ3v) is 4.78. The smallest absolute Gasteiger partial charge is 0.223 e. The summed E-state index contributed by atoms with van der Waals surface area (Å²) in [7, 11) is 0. The maximum Gasteiger partial charge on any atom is 0.223 e. The molecule has 108 valence electrons. The first-order valence-electron chi connectivity index (χ1n) is 7.15. The molecule has 4 heteroatoms. The van der Waals surface area contributed by atoms with Gasteiger partial charge in [0.1, 0.15) is 6.61 Å². The Balaban J connectivity index is 1.79. The normalized spacial score (nSPS) is 21.9. The van der Waals surface area contributed by atoms with Crippen LogP contribution in [0.25, 0.3) is 0 Å². The Hall–Kier alpha value is -1.31. The van der Waals surface area contributed by atoms with Gasteiger partial charge < -0.3 is 10.4 Å². The highest BCUT2D eigenvalue weighted by Gasteiger charge is 2.23. The highest BCUT2D eigenvalue weighted by atomic mass is 32.1. The molecule has 2 rings (SSSR count). The van der Waals surface area contributed by atoms with Crippen molar-refractivity contribution in [2.75, 3.05) is 6.61 Å². The monoisotopic (exact) mass is 291 g/mol. The van der Waals surface area contributed by atoms with E-state index in [0.717, 1.165) is 41.4 Å². The van der Waals surface area contributed by atoms with E-state index in [-0.39, 0.29) is 18.4 Å². The lowest BCUT2D eigenvalue weighted by Gasteiger charge is -2.25. The number of carbonyl (C=O) groups is 1. The van der Waals surface area contributed by atoms with Crippen molar-refractivity contribution in [3.63, 3.8) is 0 Å². The number of aliphatic hydroxyl groups excluding tert-OH is 1. The Morgan fingerprint density at radius 1 is 1.40 bits per heavy atom. The summed E-state index contributed by atoms with van der Waals surface area (Å²) in [6.07, 6.45) is 4.37. The molecular formula is C16H21NO2S. The molecule has 0 saturated heterocycles. The number of amides is 1. The number of rotatable bonds is 3. The van der Waals surface area contributed by atoms with Gasteiger partial charge in [0.05, 0.1) is 11.4 Å². The molecule has 1 amide bonds. The van der Waals surface area contributed by atoms with E-state index in [2.05, 4.69) is 24.1 Å². The van der Waals surface area contributed by atoms with Gasteiger partial charge in [0.25, 0.3) is 0 Å². The van der Waals surface area contributed by atoms with Gasteiger partial charge >= 0.3 is 0 Å². The fourth-order valence-corrected chi connectivity index (χ4v) is 3.33. The van der Waals surface area contributed by atoms with E-state index in [0.29, 0.717) is 6.54 Å².